The van der Waals surface area contributed by atoms with Gasteiger partial charge in [-0.3, -0.25) is 14.2 Å². The molecule has 7 heteroatoms. The topological polar surface area (TPSA) is 84.4 Å². The molecule has 1 N–H and O–H groups in total. The van der Waals surface area contributed by atoms with E-state index < -0.39 is 11.2 Å². The van der Waals surface area contributed by atoms with Gasteiger partial charge < -0.3 is 14.6 Å². The van der Waals surface area contributed by atoms with E-state index in [0.717, 1.165) is 23.8 Å². The van der Waals surface area contributed by atoms with E-state index in [0.29, 0.717) is 31.5 Å². The Hall–Kier alpha value is -1.89. The number of carbonyl (C=O) groups excluding carboxylic acids is 1. The lowest BCUT2D eigenvalue weighted by Gasteiger charge is -2.34. The molecule has 3 unspecified atom stereocenters. The number of H-pyrrole nitrogens is 1. The molecule has 0 aliphatic carbocycles. The van der Waals surface area contributed by atoms with E-state index in [1.807, 2.05) is 0 Å². The fraction of sp³-hybridized carbons (Fsp3) is 0.706. The van der Waals surface area contributed by atoms with Crippen LogP contribution in [0.4, 0.5) is 0 Å². The normalized spacial score (nSPS) is 27.4. The number of aromatic nitrogens is 2. The summed E-state index contributed by atoms with van der Waals surface area (Å²) in [7, 11) is 0. The average molecular weight is 335 g/mol. The lowest BCUT2D eigenvalue weighted by Crippen LogP contribution is -2.47. The number of likely N-dealkylation sites (tertiary alicyclic amines) is 1. The quantitative estimate of drug-likeness (QED) is 0.887. The van der Waals surface area contributed by atoms with Crippen molar-refractivity contribution in [2.24, 2.45) is 11.8 Å². The van der Waals surface area contributed by atoms with Crippen LogP contribution in [0.15, 0.2) is 15.8 Å². The van der Waals surface area contributed by atoms with Crippen LogP contribution in [-0.2, 0) is 11.3 Å². The highest BCUT2D eigenvalue weighted by molar-refractivity contribution is 5.93. The molecule has 0 aromatic carbocycles. The fourth-order valence-corrected chi connectivity index (χ4v) is 3.82. The molecule has 3 heterocycles. The number of piperidine rings is 1. The second-order valence-corrected chi connectivity index (χ2v) is 7.21. The zero-order valence-electron chi connectivity index (χ0n) is 14.3. The summed E-state index contributed by atoms with van der Waals surface area (Å²) >= 11 is 0. The summed E-state index contributed by atoms with van der Waals surface area (Å²) in [6, 6.07) is 0. The van der Waals surface area contributed by atoms with Crippen molar-refractivity contribution in [3.05, 3.63) is 32.6 Å². The molecular weight excluding hydrogens is 310 g/mol. The van der Waals surface area contributed by atoms with Crippen molar-refractivity contribution in [3.8, 4) is 0 Å². The minimum Gasteiger partial charge on any atom is -0.376 e. The minimum absolute atomic E-state index is 0.0360. The maximum atomic E-state index is 12.8. The Morgan fingerprint density at radius 3 is 2.62 bits per heavy atom. The third-order valence-electron chi connectivity index (χ3n) is 4.86. The maximum Gasteiger partial charge on any atom is 0.328 e. The van der Waals surface area contributed by atoms with E-state index in [1.54, 1.807) is 4.90 Å². The number of nitrogens with zero attached hydrogens (tertiary/aromatic N) is 2. The summed E-state index contributed by atoms with van der Waals surface area (Å²) in [6.07, 6.45) is 3.95. The van der Waals surface area contributed by atoms with Crippen molar-refractivity contribution in [1.29, 1.82) is 0 Å². The molecule has 2 aliphatic heterocycles. The number of ether oxygens (including phenoxy) is 1. The van der Waals surface area contributed by atoms with Crippen LogP contribution in [0.2, 0.25) is 0 Å². The number of aromatic amines is 1. The van der Waals surface area contributed by atoms with Crippen LogP contribution < -0.4 is 11.2 Å². The molecule has 1 amide bonds. The standard InChI is InChI=1S/C17H25N3O4/c1-11-6-12(2)9-19(8-11)15(21)14-7-18-17(23)20(16(14)22)10-13-4-3-5-24-13/h7,11-13H,3-6,8-10H2,1-2H3,(H,18,23). The zero-order valence-corrected chi connectivity index (χ0v) is 14.3. The maximum absolute atomic E-state index is 12.8. The van der Waals surface area contributed by atoms with Crippen LogP contribution in [0, 0.1) is 11.8 Å². The summed E-state index contributed by atoms with van der Waals surface area (Å²) in [5.41, 5.74) is -0.980. The van der Waals surface area contributed by atoms with Crippen LogP contribution in [-0.4, -0.2) is 46.2 Å². The van der Waals surface area contributed by atoms with Gasteiger partial charge in [0, 0.05) is 25.9 Å². The van der Waals surface area contributed by atoms with Gasteiger partial charge in [-0.2, -0.15) is 0 Å². The first-order valence-electron chi connectivity index (χ1n) is 8.69. The first kappa shape index (κ1) is 17.0. The number of amides is 1. The Morgan fingerprint density at radius 2 is 2.00 bits per heavy atom. The predicted octanol–water partition coefficient (Wildman–Crippen LogP) is 0.834. The molecule has 1 aromatic rings. The van der Waals surface area contributed by atoms with Crippen LogP contribution in [0.1, 0.15) is 43.5 Å². The number of carbonyl (C=O) groups is 1. The Morgan fingerprint density at radius 1 is 1.29 bits per heavy atom. The molecule has 3 rings (SSSR count). The van der Waals surface area contributed by atoms with Gasteiger partial charge in [0.05, 0.1) is 12.6 Å². The zero-order chi connectivity index (χ0) is 17.3. The van der Waals surface area contributed by atoms with Crippen LogP contribution >= 0.6 is 0 Å². The lowest BCUT2D eigenvalue weighted by molar-refractivity contribution is 0.0617. The largest absolute Gasteiger partial charge is 0.376 e. The smallest absolute Gasteiger partial charge is 0.328 e. The summed E-state index contributed by atoms with van der Waals surface area (Å²) in [5.74, 6) is 0.528. The van der Waals surface area contributed by atoms with Crippen molar-refractivity contribution in [3.63, 3.8) is 0 Å². The van der Waals surface area contributed by atoms with Gasteiger partial charge in [-0.1, -0.05) is 13.8 Å². The Labute approximate surface area is 140 Å². The van der Waals surface area contributed by atoms with Gasteiger partial charge in [0.2, 0.25) is 0 Å². The monoisotopic (exact) mass is 335 g/mol. The molecule has 132 valence electrons. The second-order valence-electron chi connectivity index (χ2n) is 7.21. The van der Waals surface area contributed by atoms with E-state index in [-0.39, 0.29) is 24.1 Å². The second kappa shape index (κ2) is 6.93. The lowest BCUT2D eigenvalue weighted by atomic mass is 9.91. The summed E-state index contributed by atoms with van der Waals surface area (Å²) in [5, 5.41) is 0. The molecule has 0 saturated carbocycles. The highest BCUT2D eigenvalue weighted by atomic mass is 16.5. The Bertz CT molecular complexity index is 707. The highest BCUT2D eigenvalue weighted by Gasteiger charge is 2.28. The molecule has 2 saturated heterocycles. The Kier molecular flexibility index (Phi) is 4.89. The van der Waals surface area contributed by atoms with Crippen molar-refractivity contribution < 1.29 is 9.53 Å². The summed E-state index contributed by atoms with van der Waals surface area (Å²) in [6.45, 7) is 6.36. The number of nitrogens with one attached hydrogen (secondary N) is 1. The van der Waals surface area contributed by atoms with Crippen molar-refractivity contribution in [1.82, 2.24) is 14.5 Å². The van der Waals surface area contributed by atoms with Crippen molar-refractivity contribution in [2.75, 3.05) is 19.7 Å². The Balaban J connectivity index is 1.86. The van der Waals surface area contributed by atoms with Crippen LogP contribution in [0.25, 0.3) is 0 Å². The van der Waals surface area contributed by atoms with E-state index in [2.05, 4.69) is 18.8 Å². The molecular formula is C17H25N3O4. The molecule has 1 aromatic heterocycles. The third kappa shape index (κ3) is 3.45. The van der Waals surface area contributed by atoms with Crippen molar-refractivity contribution >= 4 is 5.91 Å². The minimum atomic E-state index is -0.523. The fourth-order valence-electron chi connectivity index (χ4n) is 3.82. The summed E-state index contributed by atoms with van der Waals surface area (Å²) < 4.78 is 6.60. The third-order valence-corrected chi connectivity index (χ3v) is 4.86. The molecule has 7 nitrogen and oxygen atoms in total. The van der Waals surface area contributed by atoms with Gasteiger partial charge in [0.1, 0.15) is 5.56 Å². The molecule has 24 heavy (non-hydrogen) atoms. The van der Waals surface area contributed by atoms with Gasteiger partial charge in [0.15, 0.2) is 0 Å². The van der Waals surface area contributed by atoms with Crippen LogP contribution in [0.5, 0.6) is 0 Å². The molecule has 0 spiro atoms. The molecule has 2 aliphatic rings. The van der Waals surface area contributed by atoms with Gasteiger partial charge >= 0.3 is 5.69 Å². The van der Waals surface area contributed by atoms with E-state index >= 15 is 0 Å². The first-order valence-corrected chi connectivity index (χ1v) is 8.69. The summed E-state index contributed by atoms with van der Waals surface area (Å²) in [4.78, 5) is 41.7. The number of hydrogen-bond acceptors (Lipinski definition) is 4. The SMILES string of the molecule is CC1CC(C)CN(C(=O)c2c[nH]c(=O)n(CC3CCCO3)c2=O)C1. The first-order chi connectivity index (χ1) is 11.5. The van der Waals surface area contributed by atoms with Gasteiger partial charge in [-0.15, -0.1) is 0 Å². The van der Waals surface area contributed by atoms with E-state index in [9.17, 15) is 14.4 Å². The average Bonchev–Trinajstić information content (AvgIpc) is 3.03. The molecule has 0 bridgehead atoms. The van der Waals surface area contributed by atoms with Gasteiger partial charge in [-0.25, -0.2) is 4.79 Å². The molecule has 0 radical (unpaired) electrons. The van der Waals surface area contributed by atoms with Gasteiger partial charge in [0.25, 0.3) is 11.5 Å². The van der Waals surface area contributed by atoms with E-state index in [1.165, 1.54) is 6.20 Å². The predicted molar refractivity (Wildman–Crippen MR) is 89.1 cm³/mol. The highest BCUT2D eigenvalue weighted by Crippen LogP contribution is 2.21. The van der Waals surface area contributed by atoms with Crippen LogP contribution in [0.3, 0.4) is 0 Å². The number of rotatable bonds is 3. The molecule has 3 atom stereocenters. The van der Waals surface area contributed by atoms with Gasteiger partial charge in [-0.05, 0) is 31.1 Å². The van der Waals surface area contributed by atoms with Crippen molar-refractivity contribution in [2.45, 2.75) is 45.8 Å². The van der Waals surface area contributed by atoms with E-state index in [4.69, 9.17) is 4.74 Å². The number of hydrogen-bond donors (Lipinski definition) is 1. The molecule has 2 fully saturated rings.